The summed E-state index contributed by atoms with van der Waals surface area (Å²) in [5.74, 6) is -0.987. The van der Waals surface area contributed by atoms with Gasteiger partial charge in [0.15, 0.2) is 5.69 Å². The van der Waals surface area contributed by atoms with Gasteiger partial charge in [-0.25, -0.2) is 4.98 Å². The molecule has 4 rings (SSSR count). The number of hydrogen-bond donors (Lipinski definition) is 3. The monoisotopic (exact) mass is 477 g/mol. The lowest BCUT2D eigenvalue weighted by atomic mass is 10.2. The molecule has 0 aliphatic rings. The third-order valence-electron chi connectivity index (χ3n) is 4.93. The lowest BCUT2D eigenvalue weighted by molar-refractivity contribution is -0.144. The molecule has 0 aliphatic carbocycles. The molecule has 9 nitrogen and oxygen atoms in total. The quantitative estimate of drug-likeness (QED) is 0.317. The summed E-state index contributed by atoms with van der Waals surface area (Å²) in [6.45, 7) is 2.11. The second kappa shape index (κ2) is 10.7. The number of carbonyl (C=O) groups is 3. The molecule has 2 aromatic heterocycles. The molecule has 2 aromatic carbocycles. The molecule has 34 heavy (non-hydrogen) atoms. The van der Waals surface area contributed by atoms with E-state index in [1.54, 1.807) is 11.4 Å². The lowest BCUT2D eigenvalue weighted by Gasteiger charge is -2.05. The summed E-state index contributed by atoms with van der Waals surface area (Å²) in [5, 5.41) is 15.4. The molecule has 2 heterocycles. The molecule has 10 heteroatoms. The molecular weight excluding hydrogens is 454 g/mol. The van der Waals surface area contributed by atoms with Crippen LogP contribution in [-0.2, 0) is 27.4 Å². The highest BCUT2D eigenvalue weighted by Gasteiger charge is 2.14. The second-order valence-corrected chi connectivity index (χ2v) is 8.55. The molecule has 3 N–H and O–H groups in total. The van der Waals surface area contributed by atoms with Crippen LogP contribution in [0.25, 0.3) is 10.9 Å². The molecule has 0 saturated carbocycles. The number of aromatic nitrogens is 3. The molecule has 0 fully saturated rings. The Morgan fingerprint density at radius 1 is 1.09 bits per heavy atom. The van der Waals surface area contributed by atoms with Crippen LogP contribution in [0.3, 0.4) is 0 Å². The Kier molecular flexibility index (Phi) is 7.28. The highest BCUT2D eigenvalue weighted by atomic mass is 32.1. The average molecular weight is 478 g/mol. The van der Waals surface area contributed by atoms with Crippen LogP contribution in [0.15, 0.2) is 53.9 Å². The van der Waals surface area contributed by atoms with E-state index in [4.69, 9.17) is 4.74 Å². The van der Waals surface area contributed by atoms with Gasteiger partial charge in [-0.1, -0.05) is 35.9 Å². The van der Waals surface area contributed by atoms with Gasteiger partial charge in [0.25, 0.3) is 5.91 Å². The Bertz CT molecular complexity index is 1310. The molecule has 174 valence electrons. The normalized spacial score (nSPS) is 10.7. The molecule has 0 unspecified atom stereocenters. The van der Waals surface area contributed by atoms with Crippen molar-refractivity contribution in [3.63, 3.8) is 0 Å². The number of rotatable bonds is 9. The van der Waals surface area contributed by atoms with Crippen LogP contribution in [0.4, 0.5) is 5.69 Å². The molecule has 0 saturated heterocycles. The number of para-hydroxylation sites is 1. The van der Waals surface area contributed by atoms with E-state index < -0.39 is 5.97 Å². The van der Waals surface area contributed by atoms with Gasteiger partial charge < -0.3 is 15.4 Å². The summed E-state index contributed by atoms with van der Waals surface area (Å²) in [4.78, 5) is 40.9. The second-order valence-electron chi connectivity index (χ2n) is 7.61. The molecule has 0 atom stereocenters. The third kappa shape index (κ3) is 6.04. The maximum atomic E-state index is 12.3. The average Bonchev–Trinajstić information content (AvgIpc) is 3.46. The van der Waals surface area contributed by atoms with Crippen molar-refractivity contribution in [3.8, 4) is 0 Å². The number of thiazole rings is 1. The summed E-state index contributed by atoms with van der Waals surface area (Å²) < 4.78 is 5.23. The van der Waals surface area contributed by atoms with E-state index in [-0.39, 0.29) is 43.5 Å². The Labute approximate surface area is 199 Å². The molecule has 0 radical (unpaired) electrons. The fourth-order valence-corrected chi connectivity index (χ4v) is 3.98. The van der Waals surface area contributed by atoms with Crippen LogP contribution in [0, 0.1) is 6.92 Å². The summed E-state index contributed by atoms with van der Waals surface area (Å²) in [6, 6.07) is 14.9. The highest BCUT2D eigenvalue weighted by Crippen LogP contribution is 2.15. The summed E-state index contributed by atoms with van der Waals surface area (Å²) in [7, 11) is 0. The third-order valence-corrected chi connectivity index (χ3v) is 5.83. The van der Waals surface area contributed by atoms with Crippen molar-refractivity contribution in [1.29, 1.82) is 0 Å². The van der Waals surface area contributed by atoms with Crippen molar-refractivity contribution in [1.82, 2.24) is 20.5 Å². The first-order chi connectivity index (χ1) is 16.5. The first-order valence-electron chi connectivity index (χ1n) is 10.6. The largest absolute Gasteiger partial charge is 0.459 e. The van der Waals surface area contributed by atoms with Crippen LogP contribution in [0.5, 0.6) is 0 Å². The van der Waals surface area contributed by atoms with Crippen LogP contribution < -0.4 is 10.6 Å². The van der Waals surface area contributed by atoms with Crippen molar-refractivity contribution in [2.24, 2.45) is 0 Å². The SMILES string of the molecule is Cc1ccc(NC(=O)Cc2nc(COC(=O)CCNC(=O)c3n[nH]c4ccccc34)cs2)cc1. The van der Waals surface area contributed by atoms with Gasteiger partial charge in [0.1, 0.15) is 11.6 Å². The van der Waals surface area contributed by atoms with E-state index in [2.05, 4.69) is 25.8 Å². The van der Waals surface area contributed by atoms with Crippen molar-refractivity contribution in [3.05, 3.63) is 75.9 Å². The molecular formula is C24H23N5O4S. The van der Waals surface area contributed by atoms with E-state index in [0.29, 0.717) is 10.7 Å². The number of aromatic amines is 1. The Morgan fingerprint density at radius 3 is 2.71 bits per heavy atom. The lowest BCUT2D eigenvalue weighted by Crippen LogP contribution is -2.27. The predicted molar refractivity (Wildman–Crippen MR) is 128 cm³/mol. The first-order valence-corrected chi connectivity index (χ1v) is 11.5. The van der Waals surface area contributed by atoms with Gasteiger partial charge in [0, 0.05) is 23.0 Å². The van der Waals surface area contributed by atoms with Crippen molar-refractivity contribution >= 4 is 45.7 Å². The molecule has 2 amide bonds. The number of nitrogens with one attached hydrogen (secondary N) is 3. The van der Waals surface area contributed by atoms with E-state index in [9.17, 15) is 14.4 Å². The topological polar surface area (TPSA) is 126 Å². The van der Waals surface area contributed by atoms with Gasteiger partial charge in [0.05, 0.1) is 24.1 Å². The van der Waals surface area contributed by atoms with Gasteiger partial charge >= 0.3 is 5.97 Å². The minimum atomic E-state index is -0.459. The van der Waals surface area contributed by atoms with Gasteiger partial charge in [-0.3, -0.25) is 19.5 Å². The van der Waals surface area contributed by atoms with Gasteiger partial charge in [-0.15, -0.1) is 11.3 Å². The number of aryl methyl sites for hydroxylation is 1. The van der Waals surface area contributed by atoms with Crippen molar-refractivity contribution in [2.45, 2.75) is 26.4 Å². The van der Waals surface area contributed by atoms with E-state index in [1.165, 1.54) is 11.3 Å². The number of hydrogen-bond acceptors (Lipinski definition) is 7. The van der Waals surface area contributed by atoms with Gasteiger partial charge in [-0.2, -0.15) is 5.10 Å². The zero-order chi connectivity index (χ0) is 23.9. The molecule has 0 bridgehead atoms. The predicted octanol–water partition coefficient (Wildman–Crippen LogP) is 3.37. The van der Waals surface area contributed by atoms with E-state index in [0.717, 1.165) is 22.2 Å². The van der Waals surface area contributed by atoms with E-state index in [1.807, 2.05) is 49.4 Å². The summed E-state index contributed by atoms with van der Waals surface area (Å²) in [6.07, 6.45) is 0.157. The van der Waals surface area contributed by atoms with Crippen LogP contribution in [0.1, 0.15) is 33.2 Å². The minimum absolute atomic E-state index is 0.00681. The number of anilines is 1. The maximum absolute atomic E-state index is 12.3. The summed E-state index contributed by atoms with van der Waals surface area (Å²) >= 11 is 1.33. The van der Waals surface area contributed by atoms with Crippen LogP contribution >= 0.6 is 11.3 Å². The number of ether oxygens (including phenoxy) is 1. The minimum Gasteiger partial charge on any atom is -0.459 e. The van der Waals surface area contributed by atoms with Crippen LogP contribution in [0.2, 0.25) is 0 Å². The highest BCUT2D eigenvalue weighted by molar-refractivity contribution is 7.09. The van der Waals surface area contributed by atoms with Crippen LogP contribution in [-0.4, -0.2) is 39.5 Å². The standard InChI is InChI=1S/C24H23N5O4S/c1-15-6-8-16(9-7-15)26-20(30)12-21-27-17(14-34-21)13-33-22(31)10-11-25-24(32)23-18-4-2-3-5-19(18)28-29-23/h2-9,14H,10-13H2,1H3,(H,25,32)(H,26,30)(H,28,29). The number of amides is 2. The number of esters is 1. The first kappa shape index (κ1) is 23.1. The fraction of sp³-hybridized carbons (Fsp3) is 0.208. The Balaban J connectivity index is 1.17. The molecule has 0 spiro atoms. The fourth-order valence-electron chi connectivity index (χ4n) is 3.20. The zero-order valence-corrected chi connectivity index (χ0v) is 19.3. The Hall–Kier alpha value is -4.05. The van der Waals surface area contributed by atoms with E-state index >= 15 is 0 Å². The zero-order valence-electron chi connectivity index (χ0n) is 18.5. The van der Waals surface area contributed by atoms with Gasteiger partial charge in [-0.05, 0) is 25.1 Å². The Morgan fingerprint density at radius 2 is 1.88 bits per heavy atom. The smallest absolute Gasteiger partial charge is 0.307 e. The maximum Gasteiger partial charge on any atom is 0.307 e. The molecule has 0 aliphatic heterocycles. The number of H-pyrrole nitrogens is 1. The van der Waals surface area contributed by atoms with Crippen molar-refractivity contribution < 1.29 is 19.1 Å². The number of carbonyl (C=O) groups excluding carboxylic acids is 3. The summed E-state index contributed by atoms with van der Waals surface area (Å²) in [5.41, 5.74) is 3.47. The van der Waals surface area contributed by atoms with Crippen molar-refractivity contribution in [2.75, 3.05) is 11.9 Å². The molecule has 4 aromatic rings. The number of benzene rings is 2. The van der Waals surface area contributed by atoms with Gasteiger partial charge in [0.2, 0.25) is 5.91 Å². The number of nitrogens with zero attached hydrogens (tertiary/aromatic N) is 2. The number of fused-ring (bicyclic) bond motifs is 1.